The monoisotopic (exact) mass is 568 g/mol. The first-order valence-electron chi connectivity index (χ1n) is 9.71. The fourth-order valence-electron chi connectivity index (χ4n) is 2.93. The van der Waals surface area contributed by atoms with Gasteiger partial charge < -0.3 is 44.9 Å². The van der Waals surface area contributed by atoms with E-state index < -0.39 is 95.4 Å². The maximum Gasteiger partial charge on any atom is 0.481 e. The van der Waals surface area contributed by atoms with Crippen LogP contribution in [0.3, 0.4) is 0 Å². The quantitative estimate of drug-likeness (QED) is 0.0831. The molecule has 0 aliphatic carbocycles. The van der Waals surface area contributed by atoms with Gasteiger partial charge in [0.1, 0.15) is 36.6 Å². The number of aliphatic hydroxyl groups is 5. The van der Waals surface area contributed by atoms with Crippen molar-refractivity contribution in [2.75, 3.05) is 13.2 Å². The van der Waals surface area contributed by atoms with E-state index in [1.54, 1.807) is 0 Å². The molecular weight excluding hydrogens is 545 g/mol. The van der Waals surface area contributed by atoms with Crippen molar-refractivity contribution in [3.05, 3.63) is 33.1 Å². The van der Waals surface area contributed by atoms with Crippen LogP contribution >= 0.6 is 15.6 Å². The molecule has 1 fully saturated rings. The summed E-state index contributed by atoms with van der Waals surface area (Å²) in [7, 11) is -11.4. The molecule has 0 radical (unpaired) electrons. The Morgan fingerprint density at radius 2 is 1.83 bits per heavy atom. The minimum atomic E-state index is -5.82. The van der Waals surface area contributed by atoms with Gasteiger partial charge in [-0.25, -0.2) is 18.3 Å². The van der Waals surface area contributed by atoms with Crippen LogP contribution in [0.4, 0.5) is 4.39 Å². The van der Waals surface area contributed by atoms with E-state index in [1.165, 1.54) is 0 Å². The number of nitrogens with zero attached hydrogens (tertiary/aromatic N) is 1. The van der Waals surface area contributed by atoms with Crippen molar-refractivity contribution >= 4 is 21.9 Å². The number of carbonyl (C=O) groups excluding carboxylic acids is 1. The largest absolute Gasteiger partial charge is 0.481 e. The molecule has 206 valence electrons. The van der Waals surface area contributed by atoms with Gasteiger partial charge in [0.15, 0.2) is 18.7 Å². The summed E-state index contributed by atoms with van der Waals surface area (Å²) in [6.07, 6.45) is -16.5. The minimum absolute atomic E-state index is 0.499. The highest BCUT2D eigenvalue weighted by atomic mass is 31.3. The van der Waals surface area contributed by atoms with E-state index in [4.69, 9.17) is 9.84 Å². The number of aromatic amines is 1. The molecule has 2 unspecified atom stereocenters. The number of hydrogen-bond acceptors (Lipinski definition) is 14. The third kappa shape index (κ3) is 7.65. The zero-order chi connectivity index (χ0) is 27.4. The predicted octanol–water partition coefficient (Wildman–Crippen LogP) is -3.97. The average molecular weight is 568 g/mol. The number of carbonyl (C=O) groups is 1. The van der Waals surface area contributed by atoms with Gasteiger partial charge in [0, 0.05) is 12.3 Å². The summed E-state index contributed by atoms with van der Waals surface area (Å²) in [4.78, 5) is 54.9. The number of aliphatic hydroxyl groups excluding tert-OH is 5. The molecule has 2 heterocycles. The van der Waals surface area contributed by atoms with E-state index in [9.17, 15) is 58.1 Å². The summed E-state index contributed by atoms with van der Waals surface area (Å²) in [5.74, 6) is 0. The molecule has 0 bridgehead atoms. The van der Waals surface area contributed by atoms with Crippen LogP contribution in [-0.4, -0.2) is 107 Å². The van der Waals surface area contributed by atoms with Gasteiger partial charge in [0.25, 0.3) is 5.56 Å². The van der Waals surface area contributed by atoms with Crippen LogP contribution in [0.15, 0.2) is 21.9 Å². The van der Waals surface area contributed by atoms with Crippen molar-refractivity contribution in [1.82, 2.24) is 9.55 Å². The highest BCUT2D eigenvalue weighted by Gasteiger charge is 2.47. The number of ether oxygens (including phenoxy) is 1. The number of nitrogens with one attached hydrogen (secondary N) is 1. The third-order valence-corrected chi connectivity index (χ3v) is 7.32. The number of H-pyrrole nitrogens is 1. The van der Waals surface area contributed by atoms with Gasteiger partial charge in [-0.2, -0.15) is 4.31 Å². The Morgan fingerprint density at radius 1 is 1.19 bits per heavy atom. The first-order valence-corrected chi connectivity index (χ1v) is 12.7. The number of halogens is 1. The van der Waals surface area contributed by atoms with Crippen LogP contribution in [-0.2, 0) is 32.0 Å². The maximum atomic E-state index is 13.8. The third-order valence-electron chi connectivity index (χ3n) is 4.69. The van der Waals surface area contributed by atoms with Crippen molar-refractivity contribution in [2.45, 2.75) is 49.0 Å². The molecular formula is C15H23FN2O16P2. The number of phosphoric acid groups is 2. The lowest BCUT2D eigenvalue weighted by molar-refractivity contribution is -0.125. The van der Waals surface area contributed by atoms with Crippen molar-refractivity contribution in [3.8, 4) is 0 Å². The smallest absolute Gasteiger partial charge is 0.394 e. The molecule has 0 saturated carbocycles. The van der Waals surface area contributed by atoms with Gasteiger partial charge in [0.05, 0.1) is 13.2 Å². The molecule has 1 saturated heterocycles. The predicted molar refractivity (Wildman–Crippen MR) is 109 cm³/mol. The van der Waals surface area contributed by atoms with Crippen molar-refractivity contribution < 1.29 is 71.7 Å². The van der Waals surface area contributed by atoms with Gasteiger partial charge in [0.2, 0.25) is 0 Å². The lowest BCUT2D eigenvalue weighted by Gasteiger charge is -2.28. The summed E-state index contributed by atoms with van der Waals surface area (Å²) < 4.78 is 56.3. The molecule has 1 aromatic rings. The molecule has 8 N–H and O–H groups in total. The molecule has 1 aliphatic rings. The Labute approximate surface area is 199 Å². The Kier molecular flexibility index (Phi) is 10.4. The minimum Gasteiger partial charge on any atom is -0.394 e. The van der Waals surface area contributed by atoms with Gasteiger partial charge in [-0.15, -0.1) is 0 Å². The van der Waals surface area contributed by atoms with Gasteiger partial charge in [-0.1, -0.05) is 0 Å². The highest BCUT2D eigenvalue weighted by Crippen LogP contribution is 2.61. The van der Waals surface area contributed by atoms with Crippen LogP contribution in [0.25, 0.3) is 0 Å². The van der Waals surface area contributed by atoms with Gasteiger partial charge in [-0.3, -0.25) is 23.4 Å². The van der Waals surface area contributed by atoms with Crippen LogP contribution < -0.4 is 11.2 Å². The average Bonchev–Trinajstić information content (AvgIpc) is 3.07. The second-order valence-electron chi connectivity index (χ2n) is 7.27. The zero-order valence-electron chi connectivity index (χ0n) is 17.8. The lowest BCUT2D eigenvalue weighted by Crippen LogP contribution is -2.46. The molecule has 0 spiro atoms. The van der Waals surface area contributed by atoms with Gasteiger partial charge >= 0.3 is 21.3 Å². The fourth-order valence-corrected chi connectivity index (χ4v) is 5.20. The van der Waals surface area contributed by atoms with Gasteiger partial charge in [-0.05, 0) is 0 Å². The van der Waals surface area contributed by atoms with Crippen LogP contribution in [0, 0.1) is 0 Å². The SMILES string of the molecule is O=C[C@H](F)[C@@H](OP(=O)(O)OP(=O)(O)OC[C@H]1O[C@@H](n2ccc(=O)[nH]c2=O)[C@H](O)[C@@H]1O)[C@H](O)[C@H](O)CO. The van der Waals surface area contributed by atoms with E-state index in [0.717, 1.165) is 12.3 Å². The molecule has 21 heteroatoms. The highest BCUT2D eigenvalue weighted by molar-refractivity contribution is 7.61. The standard InChI is InChI=1S/C15H23FN2O16P2/c16-6(3-19)13(10(23)7(21)4-20)33-36(29,30)34-35(27,28)31-5-8-11(24)12(25)14(32-8)18-2-1-9(22)17-15(18)26/h1-3,6-8,10-14,20-21,23-25H,4-5H2,(H,27,28)(H,29,30)(H,17,22,26)/t6-,7+,8+,10+,11+,12+,13+,14+/m0/s1. The molecule has 0 amide bonds. The second kappa shape index (κ2) is 12.2. The summed E-state index contributed by atoms with van der Waals surface area (Å²) in [6, 6.07) is 0.901. The number of aldehydes is 1. The van der Waals surface area contributed by atoms with E-state index in [0.29, 0.717) is 4.57 Å². The number of aromatic nitrogens is 2. The molecule has 1 aliphatic heterocycles. The zero-order valence-corrected chi connectivity index (χ0v) is 19.6. The van der Waals surface area contributed by atoms with Crippen LogP contribution in [0.1, 0.15) is 6.23 Å². The van der Waals surface area contributed by atoms with Crippen molar-refractivity contribution in [3.63, 3.8) is 0 Å². The summed E-state index contributed by atoms with van der Waals surface area (Å²) >= 11 is 0. The normalized spacial score (nSPS) is 29.0. The molecule has 18 nitrogen and oxygen atoms in total. The second-order valence-corrected chi connectivity index (χ2v) is 10.3. The Balaban J connectivity index is 2.07. The number of rotatable bonds is 13. The Bertz CT molecular complexity index is 1110. The summed E-state index contributed by atoms with van der Waals surface area (Å²) in [5.41, 5.74) is -1.80. The van der Waals surface area contributed by atoms with Crippen LogP contribution in [0.5, 0.6) is 0 Å². The lowest BCUT2D eigenvalue weighted by atomic mass is 10.1. The van der Waals surface area contributed by atoms with E-state index in [2.05, 4.69) is 13.4 Å². The Hall–Kier alpha value is -1.70. The Morgan fingerprint density at radius 3 is 2.39 bits per heavy atom. The first-order chi connectivity index (χ1) is 16.6. The topological polar surface area (TPSA) is 285 Å². The molecule has 2 rings (SSSR count). The van der Waals surface area contributed by atoms with Crippen LogP contribution in [0.2, 0.25) is 0 Å². The fraction of sp³-hybridized carbons (Fsp3) is 0.667. The summed E-state index contributed by atoms with van der Waals surface area (Å²) in [5, 5.41) is 48.0. The molecule has 1 aromatic heterocycles. The van der Waals surface area contributed by atoms with E-state index in [-0.39, 0.29) is 0 Å². The molecule has 10 atom stereocenters. The number of hydrogen-bond donors (Lipinski definition) is 8. The van der Waals surface area contributed by atoms with E-state index >= 15 is 0 Å². The van der Waals surface area contributed by atoms with Crippen molar-refractivity contribution in [2.24, 2.45) is 0 Å². The maximum absolute atomic E-state index is 13.8. The molecule has 36 heavy (non-hydrogen) atoms. The summed E-state index contributed by atoms with van der Waals surface area (Å²) in [6.45, 7) is -2.29. The number of alkyl halides is 1. The molecule has 0 aromatic carbocycles. The van der Waals surface area contributed by atoms with Crippen molar-refractivity contribution in [1.29, 1.82) is 0 Å². The van der Waals surface area contributed by atoms with E-state index in [1.807, 2.05) is 4.98 Å². The number of phosphoric ester groups is 2. The first kappa shape index (κ1) is 30.5.